The molecule has 0 aliphatic carbocycles. The molecule has 2 fully saturated rings. The molecule has 0 aromatic heterocycles. The monoisotopic (exact) mass is 166 g/mol. The maximum atomic E-state index is 5.81. The van der Waals surface area contributed by atoms with Crippen LogP contribution in [0.4, 0.5) is 0 Å². The molecule has 2 heteroatoms. The Morgan fingerprint density at radius 3 is 2.08 bits per heavy atom. The van der Waals surface area contributed by atoms with Gasteiger partial charge in [-0.15, -0.1) is 0 Å². The average Bonchev–Trinajstić information content (AvgIpc) is 2.54. The Morgan fingerprint density at radius 2 is 1.58 bits per heavy atom. The molecule has 3 aliphatic rings. The number of fused-ring (bicyclic) bond motifs is 5. The molecule has 66 valence electrons. The Labute approximate surface area is 73.4 Å². The smallest absolute Gasteiger partial charge is 0.0852 e. The normalized spacial score (nSPS) is 53.2. The first-order chi connectivity index (χ1) is 5.66. The fourth-order valence-corrected chi connectivity index (χ4v) is 3.16. The summed E-state index contributed by atoms with van der Waals surface area (Å²) in [6, 6.07) is 0. The molecule has 0 saturated carbocycles. The molecule has 3 aliphatic heterocycles. The van der Waals surface area contributed by atoms with Gasteiger partial charge in [-0.25, -0.2) is 0 Å². The maximum absolute atomic E-state index is 5.81. The fraction of sp³-hybridized carbons (Fsp3) is 0.800. The van der Waals surface area contributed by atoms with Crippen LogP contribution in [0.3, 0.4) is 0 Å². The molecule has 0 radical (unpaired) electrons. The van der Waals surface area contributed by atoms with Crippen molar-refractivity contribution in [1.29, 1.82) is 0 Å². The number of hydrogen-bond donors (Lipinski definition) is 0. The fourth-order valence-electron chi connectivity index (χ4n) is 3.16. The highest BCUT2D eigenvalue weighted by Crippen LogP contribution is 2.44. The quantitative estimate of drug-likeness (QED) is 0.379. The van der Waals surface area contributed by atoms with Gasteiger partial charge in [0.1, 0.15) is 0 Å². The van der Waals surface area contributed by atoms with Crippen LogP contribution < -0.4 is 0 Å². The third kappa shape index (κ3) is 0.771. The standard InChI is InChI=1S/C10H16NO/c1-11(2)5-7-8(6-11)10-4-3-9(7)12-10/h3-4,7-10H,5-6H2,1-2H3/q+1. The molecule has 0 spiro atoms. The van der Waals surface area contributed by atoms with Crippen molar-refractivity contribution in [2.75, 3.05) is 27.2 Å². The van der Waals surface area contributed by atoms with Crippen LogP contribution in [0.2, 0.25) is 0 Å². The van der Waals surface area contributed by atoms with E-state index in [-0.39, 0.29) is 0 Å². The van der Waals surface area contributed by atoms with Gasteiger partial charge >= 0.3 is 0 Å². The summed E-state index contributed by atoms with van der Waals surface area (Å²) in [6.07, 6.45) is 5.44. The summed E-state index contributed by atoms with van der Waals surface area (Å²) in [6.45, 7) is 2.60. The zero-order chi connectivity index (χ0) is 8.34. The highest BCUT2D eigenvalue weighted by Gasteiger charge is 2.54. The lowest BCUT2D eigenvalue weighted by Crippen LogP contribution is -2.39. The van der Waals surface area contributed by atoms with Crippen molar-refractivity contribution >= 4 is 0 Å². The van der Waals surface area contributed by atoms with Gasteiger partial charge in [0.15, 0.2) is 0 Å². The summed E-state index contributed by atoms with van der Waals surface area (Å²) in [5, 5.41) is 0. The van der Waals surface area contributed by atoms with Crippen LogP contribution in [0.15, 0.2) is 12.2 Å². The van der Waals surface area contributed by atoms with Gasteiger partial charge in [0.2, 0.25) is 0 Å². The lowest BCUT2D eigenvalue weighted by atomic mass is 9.86. The molecular weight excluding hydrogens is 150 g/mol. The molecule has 0 aromatic carbocycles. The van der Waals surface area contributed by atoms with E-state index in [9.17, 15) is 0 Å². The zero-order valence-electron chi connectivity index (χ0n) is 7.73. The third-order valence-corrected chi connectivity index (χ3v) is 3.61. The van der Waals surface area contributed by atoms with Crippen molar-refractivity contribution in [3.05, 3.63) is 12.2 Å². The topological polar surface area (TPSA) is 9.23 Å². The summed E-state index contributed by atoms with van der Waals surface area (Å²) in [4.78, 5) is 0. The van der Waals surface area contributed by atoms with Crippen LogP contribution in [0.1, 0.15) is 0 Å². The van der Waals surface area contributed by atoms with Crippen LogP contribution in [0.25, 0.3) is 0 Å². The lowest BCUT2D eigenvalue weighted by molar-refractivity contribution is -0.881. The SMILES string of the molecule is C[N+]1(C)CC2C3C=CC(O3)C2C1. The summed E-state index contributed by atoms with van der Waals surface area (Å²) in [7, 11) is 4.66. The Morgan fingerprint density at radius 1 is 1.08 bits per heavy atom. The van der Waals surface area contributed by atoms with E-state index in [4.69, 9.17) is 4.74 Å². The van der Waals surface area contributed by atoms with E-state index >= 15 is 0 Å². The minimum absolute atomic E-state index is 0.458. The van der Waals surface area contributed by atoms with E-state index in [1.54, 1.807) is 0 Å². The molecular formula is C10H16NO+. The van der Waals surface area contributed by atoms with E-state index in [0.717, 1.165) is 11.8 Å². The van der Waals surface area contributed by atoms with Crippen LogP contribution in [-0.2, 0) is 4.74 Å². The molecule has 2 nitrogen and oxygen atoms in total. The maximum Gasteiger partial charge on any atom is 0.0852 e. The van der Waals surface area contributed by atoms with Crippen LogP contribution in [0, 0.1) is 11.8 Å². The summed E-state index contributed by atoms with van der Waals surface area (Å²) < 4.78 is 7.00. The molecule has 3 heterocycles. The Balaban J connectivity index is 1.91. The molecule has 0 amide bonds. The highest BCUT2D eigenvalue weighted by atomic mass is 16.5. The van der Waals surface area contributed by atoms with Crippen LogP contribution in [0.5, 0.6) is 0 Å². The van der Waals surface area contributed by atoms with Gasteiger partial charge in [-0.05, 0) is 0 Å². The minimum atomic E-state index is 0.458. The van der Waals surface area contributed by atoms with Gasteiger partial charge in [0.25, 0.3) is 0 Å². The van der Waals surface area contributed by atoms with Crippen molar-refractivity contribution in [2.45, 2.75) is 12.2 Å². The molecule has 12 heavy (non-hydrogen) atoms. The molecule has 2 bridgehead atoms. The molecule has 0 aromatic rings. The second kappa shape index (κ2) is 1.94. The number of hydrogen-bond acceptors (Lipinski definition) is 1. The van der Waals surface area contributed by atoms with Gasteiger partial charge < -0.3 is 9.22 Å². The first-order valence-electron chi connectivity index (χ1n) is 4.81. The Hall–Kier alpha value is -0.340. The average molecular weight is 166 g/mol. The second-order valence-corrected chi connectivity index (χ2v) is 5.08. The van der Waals surface area contributed by atoms with Gasteiger partial charge in [0.05, 0.1) is 39.4 Å². The molecule has 0 N–H and O–H groups in total. The number of nitrogens with zero attached hydrogens (tertiary/aromatic N) is 1. The van der Waals surface area contributed by atoms with Crippen LogP contribution >= 0.6 is 0 Å². The number of rotatable bonds is 0. The summed E-state index contributed by atoms with van der Waals surface area (Å²) >= 11 is 0. The number of likely N-dealkylation sites (tertiary alicyclic amines) is 1. The van der Waals surface area contributed by atoms with Crippen molar-refractivity contribution in [3.8, 4) is 0 Å². The predicted octanol–water partition coefficient (Wildman–Crippen LogP) is 0.646. The Kier molecular flexibility index (Phi) is 1.15. The summed E-state index contributed by atoms with van der Waals surface area (Å²) in [5.74, 6) is 1.63. The van der Waals surface area contributed by atoms with Crippen molar-refractivity contribution in [3.63, 3.8) is 0 Å². The zero-order valence-corrected chi connectivity index (χ0v) is 7.73. The number of ether oxygens (including phenoxy) is 1. The predicted molar refractivity (Wildman–Crippen MR) is 46.6 cm³/mol. The van der Waals surface area contributed by atoms with Gasteiger partial charge in [0, 0.05) is 11.8 Å². The Bertz CT molecular complexity index is 224. The van der Waals surface area contributed by atoms with Gasteiger partial charge in [-0.2, -0.15) is 0 Å². The van der Waals surface area contributed by atoms with E-state index in [1.807, 2.05) is 0 Å². The lowest BCUT2D eigenvalue weighted by Gasteiger charge is -2.25. The third-order valence-electron chi connectivity index (χ3n) is 3.61. The molecule has 4 unspecified atom stereocenters. The highest BCUT2D eigenvalue weighted by molar-refractivity contribution is 5.15. The first-order valence-corrected chi connectivity index (χ1v) is 4.81. The van der Waals surface area contributed by atoms with Crippen molar-refractivity contribution < 1.29 is 9.22 Å². The van der Waals surface area contributed by atoms with E-state index in [1.165, 1.54) is 17.6 Å². The van der Waals surface area contributed by atoms with E-state index in [2.05, 4.69) is 26.2 Å². The molecule has 2 saturated heterocycles. The van der Waals surface area contributed by atoms with Gasteiger partial charge in [-0.1, -0.05) is 12.2 Å². The van der Waals surface area contributed by atoms with Crippen molar-refractivity contribution in [2.24, 2.45) is 11.8 Å². The van der Waals surface area contributed by atoms with E-state index in [0.29, 0.717) is 12.2 Å². The number of quaternary nitrogens is 1. The minimum Gasteiger partial charge on any atom is -0.366 e. The molecule has 4 atom stereocenters. The van der Waals surface area contributed by atoms with E-state index < -0.39 is 0 Å². The second-order valence-electron chi connectivity index (χ2n) is 5.08. The van der Waals surface area contributed by atoms with Gasteiger partial charge in [-0.3, -0.25) is 0 Å². The first kappa shape index (κ1) is 7.10. The summed E-state index contributed by atoms with van der Waals surface area (Å²) in [5.41, 5.74) is 0. The van der Waals surface area contributed by atoms with Crippen molar-refractivity contribution in [1.82, 2.24) is 0 Å². The molecule has 3 rings (SSSR count). The largest absolute Gasteiger partial charge is 0.366 e. The van der Waals surface area contributed by atoms with Crippen LogP contribution in [-0.4, -0.2) is 43.9 Å².